The molecule has 0 radical (unpaired) electrons. The largest absolute Gasteiger partial charge is 0.481 e. The van der Waals surface area contributed by atoms with E-state index in [4.69, 9.17) is 4.74 Å². The van der Waals surface area contributed by atoms with Gasteiger partial charge in [0.05, 0.1) is 6.10 Å². The molecule has 0 heterocycles. The molecule has 5 aliphatic carbocycles. The minimum atomic E-state index is -0.632. The van der Waals surface area contributed by atoms with Gasteiger partial charge in [0.25, 0.3) is 0 Å². The van der Waals surface area contributed by atoms with Gasteiger partial charge in [-0.05, 0) is 115 Å². The fourth-order valence-electron chi connectivity index (χ4n) is 11.3. The molecule has 3 heteroatoms. The zero-order valence-corrected chi connectivity index (χ0v) is 20.9. The topological polar surface area (TPSA) is 46.5 Å². The second-order valence-electron chi connectivity index (χ2n) is 13.6. The molecule has 5 fully saturated rings. The average Bonchev–Trinajstić information content (AvgIpc) is 3.28. The number of hydrogen-bond donors (Lipinski definition) is 1. The van der Waals surface area contributed by atoms with Gasteiger partial charge in [-0.2, -0.15) is 0 Å². The lowest BCUT2D eigenvalue weighted by molar-refractivity contribution is -0.166. The smallest absolute Gasteiger partial charge is 0.303 e. The molecular weight excluding hydrogens is 384 g/mol. The Morgan fingerprint density at radius 1 is 0.935 bits per heavy atom. The number of carbonyl (C=O) groups is 1. The lowest BCUT2D eigenvalue weighted by Gasteiger charge is -2.63. The number of carboxylic acid groups (broad SMARTS) is 1. The van der Waals surface area contributed by atoms with Crippen LogP contribution in [0.4, 0.5) is 0 Å². The summed E-state index contributed by atoms with van der Waals surface area (Å²) in [4.78, 5) is 11.2. The molecule has 1 N–H and O–H groups in total. The van der Waals surface area contributed by atoms with E-state index in [0.29, 0.717) is 51.4 Å². The molecule has 5 unspecified atom stereocenters. The number of rotatable bonds is 5. The molecule has 0 aromatic carbocycles. The van der Waals surface area contributed by atoms with Gasteiger partial charge in [0, 0.05) is 13.5 Å². The van der Waals surface area contributed by atoms with Crippen LogP contribution >= 0.6 is 0 Å². The van der Waals surface area contributed by atoms with Crippen molar-refractivity contribution in [2.75, 3.05) is 7.11 Å². The second kappa shape index (κ2) is 6.73. The third-order valence-electron chi connectivity index (χ3n) is 12.9. The van der Waals surface area contributed by atoms with Crippen molar-refractivity contribution in [3.8, 4) is 0 Å². The highest BCUT2D eigenvalue weighted by molar-refractivity contribution is 5.66. The summed E-state index contributed by atoms with van der Waals surface area (Å²) >= 11 is 0. The molecule has 5 saturated carbocycles. The first-order valence-corrected chi connectivity index (χ1v) is 13.2. The van der Waals surface area contributed by atoms with Crippen molar-refractivity contribution in [1.29, 1.82) is 0 Å². The van der Waals surface area contributed by atoms with E-state index >= 15 is 0 Å². The summed E-state index contributed by atoms with van der Waals surface area (Å²) < 4.78 is 6.00. The van der Waals surface area contributed by atoms with Gasteiger partial charge in [-0.25, -0.2) is 0 Å². The first kappa shape index (κ1) is 22.2. The normalized spacial score (nSPS) is 53.0. The summed E-state index contributed by atoms with van der Waals surface area (Å²) in [7, 11) is 1.93. The summed E-state index contributed by atoms with van der Waals surface area (Å²) in [6, 6.07) is 0. The second-order valence-corrected chi connectivity index (χ2v) is 13.6. The Labute approximate surface area is 190 Å². The Kier molecular flexibility index (Phi) is 4.83. The highest BCUT2D eigenvalue weighted by Crippen LogP contribution is 2.89. The minimum absolute atomic E-state index is 0.298. The molecule has 0 bridgehead atoms. The highest BCUT2D eigenvalue weighted by atomic mass is 16.5. The molecule has 5 aliphatic rings. The van der Waals surface area contributed by atoms with Crippen LogP contribution in [0.15, 0.2) is 0 Å². The van der Waals surface area contributed by atoms with Gasteiger partial charge in [0.1, 0.15) is 0 Å². The number of fused-ring (bicyclic) bond motifs is 2. The third kappa shape index (κ3) is 2.59. The quantitative estimate of drug-likeness (QED) is 0.514. The molecule has 0 aromatic rings. The Bertz CT molecular complexity index is 759. The highest BCUT2D eigenvalue weighted by Gasteiger charge is 2.82. The zero-order chi connectivity index (χ0) is 22.4. The van der Waals surface area contributed by atoms with Gasteiger partial charge in [0.2, 0.25) is 0 Å². The summed E-state index contributed by atoms with van der Waals surface area (Å²) in [5, 5.41) is 9.23. The van der Waals surface area contributed by atoms with E-state index in [2.05, 4.69) is 34.6 Å². The van der Waals surface area contributed by atoms with Crippen LogP contribution in [0, 0.1) is 50.7 Å². The maximum Gasteiger partial charge on any atom is 0.303 e. The van der Waals surface area contributed by atoms with Gasteiger partial charge in [-0.3, -0.25) is 4.79 Å². The number of carboxylic acids is 1. The van der Waals surface area contributed by atoms with E-state index in [1.54, 1.807) is 0 Å². The van der Waals surface area contributed by atoms with Crippen molar-refractivity contribution in [3.63, 3.8) is 0 Å². The van der Waals surface area contributed by atoms with Crippen molar-refractivity contribution in [1.82, 2.24) is 0 Å². The Balaban J connectivity index is 1.43. The van der Waals surface area contributed by atoms with Crippen LogP contribution < -0.4 is 0 Å². The minimum Gasteiger partial charge on any atom is -0.481 e. The van der Waals surface area contributed by atoms with Crippen molar-refractivity contribution in [2.24, 2.45) is 50.7 Å². The monoisotopic (exact) mass is 430 g/mol. The lowest BCUT2D eigenvalue weighted by Crippen LogP contribution is -2.57. The first-order chi connectivity index (χ1) is 14.5. The maximum absolute atomic E-state index is 11.2. The average molecular weight is 431 g/mol. The van der Waals surface area contributed by atoms with Crippen LogP contribution in [0.25, 0.3) is 0 Å². The lowest BCUT2D eigenvalue weighted by atomic mass is 9.41. The van der Waals surface area contributed by atoms with Crippen molar-refractivity contribution in [2.45, 2.75) is 111 Å². The van der Waals surface area contributed by atoms with Gasteiger partial charge < -0.3 is 9.84 Å². The molecule has 3 nitrogen and oxygen atoms in total. The summed E-state index contributed by atoms with van der Waals surface area (Å²) in [5.41, 5.74) is 2.30. The Morgan fingerprint density at radius 2 is 1.61 bits per heavy atom. The van der Waals surface area contributed by atoms with Crippen LogP contribution in [0.2, 0.25) is 0 Å². The molecule has 2 spiro atoms. The van der Waals surface area contributed by atoms with Crippen molar-refractivity contribution in [3.05, 3.63) is 0 Å². The number of aliphatic carboxylic acids is 1. The van der Waals surface area contributed by atoms with E-state index < -0.39 is 5.97 Å². The van der Waals surface area contributed by atoms with E-state index in [1.807, 2.05) is 7.11 Å². The fourth-order valence-corrected chi connectivity index (χ4v) is 11.3. The number of ether oxygens (including phenoxy) is 1. The van der Waals surface area contributed by atoms with Crippen LogP contribution in [0.5, 0.6) is 0 Å². The predicted molar refractivity (Wildman–Crippen MR) is 124 cm³/mol. The molecule has 176 valence electrons. The SMILES string of the molecule is CO[C@@H]1CCC23CC24CC[C@]2(C)[C@@H](C(C)CCC(=O)O)CC[C@@]2(C)C4CCC3C1(C)C. The summed E-state index contributed by atoms with van der Waals surface area (Å²) in [6.07, 6.45) is 14.0. The van der Waals surface area contributed by atoms with Crippen LogP contribution in [0.1, 0.15) is 105 Å². The van der Waals surface area contributed by atoms with E-state index in [9.17, 15) is 9.90 Å². The third-order valence-corrected chi connectivity index (χ3v) is 12.9. The maximum atomic E-state index is 11.2. The molecule has 31 heavy (non-hydrogen) atoms. The van der Waals surface area contributed by atoms with Crippen LogP contribution in [0.3, 0.4) is 0 Å². The fraction of sp³-hybridized carbons (Fsp3) is 0.964. The van der Waals surface area contributed by atoms with Gasteiger partial charge in [-0.1, -0.05) is 34.6 Å². The van der Waals surface area contributed by atoms with Gasteiger partial charge in [-0.15, -0.1) is 0 Å². The molecular formula is C28H46O3. The number of hydrogen-bond acceptors (Lipinski definition) is 2. The summed E-state index contributed by atoms with van der Waals surface area (Å²) in [5.74, 6) is 2.30. The molecule has 0 saturated heterocycles. The van der Waals surface area contributed by atoms with E-state index in [-0.39, 0.29) is 0 Å². The Morgan fingerprint density at radius 3 is 2.29 bits per heavy atom. The van der Waals surface area contributed by atoms with Gasteiger partial charge in [0.15, 0.2) is 0 Å². The van der Waals surface area contributed by atoms with Crippen molar-refractivity contribution >= 4 is 5.97 Å². The van der Waals surface area contributed by atoms with E-state index in [1.165, 1.54) is 57.8 Å². The molecule has 0 aromatic heterocycles. The molecule has 0 aliphatic heterocycles. The van der Waals surface area contributed by atoms with E-state index in [0.717, 1.165) is 18.3 Å². The molecule has 5 rings (SSSR count). The zero-order valence-electron chi connectivity index (χ0n) is 20.9. The standard InChI is InChI=1S/C28H46O3/c1-18(7-10-23(29)30)19-11-13-26(5)21-9-8-20-24(2,3)22(31-6)12-14-27(20)17-28(21,27)16-15-25(19,26)4/h18-22H,7-17H2,1-6H3,(H,29,30)/t18?,19-,20?,21?,22-,25-,26+,27?,28?/m1/s1. The van der Waals surface area contributed by atoms with Crippen molar-refractivity contribution < 1.29 is 14.6 Å². The summed E-state index contributed by atoms with van der Waals surface area (Å²) in [6.45, 7) is 12.6. The van der Waals surface area contributed by atoms with Crippen LogP contribution in [-0.4, -0.2) is 24.3 Å². The number of methoxy groups -OCH3 is 1. The van der Waals surface area contributed by atoms with Gasteiger partial charge >= 0.3 is 5.97 Å². The Hall–Kier alpha value is -0.570. The van der Waals surface area contributed by atoms with Crippen LogP contribution in [-0.2, 0) is 9.53 Å². The first-order valence-electron chi connectivity index (χ1n) is 13.2. The molecule has 0 amide bonds. The predicted octanol–water partition coefficient (Wildman–Crippen LogP) is 6.94. The molecule has 9 atom stereocenters.